The molecule has 0 atom stereocenters. The molecule has 4 nitrogen and oxygen atoms in total. The lowest BCUT2D eigenvalue weighted by Gasteiger charge is -2.29. The topological polar surface area (TPSA) is 47.1 Å². The minimum absolute atomic E-state index is 0.311. The van der Waals surface area contributed by atoms with E-state index < -0.39 is 12.7 Å². The van der Waals surface area contributed by atoms with E-state index in [-0.39, 0.29) is 6.04 Å². The molecule has 0 saturated heterocycles. The van der Waals surface area contributed by atoms with Gasteiger partial charge in [0.1, 0.15) is 6.54 Å². The number of aromatic nitrogens is 2. The van der Waals surface area contributed by atoms with Crippen LogP contribution in [-0.4, -0.2) is 28.5 Å². The molecule has 0 saturated carbocycles. The molecule has 0 aliphatic heterocycles. The highest BCUT2D eigenvalue weighted by Crippen LogP contribution is 2.31. The van der Waals surface area contributed by atoms with Crippen LogP contribution in [-0.2, 0) is 13.5 Å². The Morgan fingerprint density at radius 2 is 1.95 bits per heavy atom. The summed E-state index contributed by atoms with van der Waals surface area (Å²) in [5, 5.41) is 4.22. The van der Waals surface area contributed by atoms with E-state index in [9.17, 15) is 13.2 Å². The summed E-state index contributed by atoms with van der Waals surface area (Å²) in [7, 11) is 1.62. The number of nitrogen functional groups attached to an aromatic ring is 1. The van der Waals surface area contributed by atoms with Crippen molar-refractivity contribution in [1.29, 1.82) is 0 Å². The van der Waals surface area contributed by atoms with Gasteiger partial charge >= 0.3 is 6.18 Å². The Balaban J connectivity index is 3.16. The fraction of sp³-hybridized carbons (Fsp3) is 0.750. The average Bonchev–Trinajstić information content (AvgIpc) is 2.50. The molecule has 19 heavy (non-hydrogen) atoms. The summed E-state index contributed by atoms with van der Waals surface area (Å²) in [6.07, 6.45) is -2.76. The highest BCUT2D eigenvalue weighted by atomic mass is 19.4. The molecule has 0 spiro atoms. The fourth-order valence-corrected chi connectivity index (χ4v) is 2.04. The van der Waals surface area contributed by atoms with Crippen molar-refractivity contribution in [3.63, 3.8) is 0 Å². The lowest BCUT2D eigenvalue weighted by molar-refractivity contribution is -0.120. The van der Waals surface area contributed by atoms with Crippen molar-refractivity contribution in [2.75, 3.05) is 17.2 Å². The van der Waals surface area contributed by atoms with Gasteiger partial charge in [-0.3, -0.25) is 4.68 Å². The van der Waals surface area contributed by atoms with E-state index >= 15 is 0 Å². The van der Waals surface area contributed by atoms with Crippen molar-refractivity contribution >= 4 is 11.5 Å². The number of halogens is 3. The zero-order valence-corrected chi connectivity index (χ0v) is 11.8. The maximum absolute atomic E-state index is 12.7. The van der Waals surface area contributed by atoms with Gasteiger partial charge in [0.2, 0.25) is 0 Å². The second-order valence-corrected chi connectivity index (χ2v) is 4.89. The summed E-state index contributed by atoms with van der Waals surface area (Å²) in [4.78, 5) is 1.24. The number of hydrogen-bond acceptors (Lipinski definition) is 3. The molecule has 0 aliphatic carbocycles. The molecular formula is C12H21F3N4. The van der Waals surface area contributed by atoms with E-state index in [0.717, 1.165) is 6.42 Å². The molecule has 110 valence electrons. The van der Waals surface area contributed by atoms with Crippen LogP contribution in [0.3, 0.4) is 0 Å². The Morgan fingerprint density at radius 1 is 1.37 bits per heavy atom. The Morgan fingerprint density at radius 3 is 2.37 bits per heavy atom. The largest absolute Gasteiger partial charge is 0.405 e. The van der Waals surface area contributed by atoms with Crippen LogP contribution in [0, 0.1) is 0 Å². The fourth-order valence-electron chi connectivity index (χ4n) is 2.04. The van der Waals surface area contributed by atoms with Gasteiger partial charge in [-0.1, -0.05) is 13.3 Å². The van der Waals surface area contributed by atoms with Crippen LogP contribution in [0.2, 0.25) is 0 Å². The first kappa shape index (κ1) is 15.7. The van der Waals surface area contributed by atoms with Crippen LogP contribution in [0.5, 0.6) is 0 Å². The molecule has 0 aromatic carbocycles. The molecule has 1 rings (SSSR count). The van der Waals surface area contributed by atoms with Gasteiger partial charge in [-0.05, 0) is 20.3 Å². The van der Waals surface area contributed by atoms with Crippen LogP contribution < -0.4 is 10.6 Å². The molecule has 0 radical (unpaired) electrons. The minimum atomic E-state index is -4.27. The van der Waals surface area contributed by atoms with Gasteiger partial charge in [0, 0.05) is 13.1 Å². The number of hydrogen-bond donors (Lipinski definition) is 1. The third-order valence-corrected chi connectivity index (χ3v) is 2.86. The molecule has 7 heteroatoms. The van der Waals surface area contributed by atoms with Crippen molar-refractivity contribution in [2.45, 2.75) is 45.8 Å². The van der Waals surface area contributed by atoms with Gasteiger partial charge < -0.3 is 10.6 Å². The van der Waals surface area contributed by atoms with Crippen LogP contribution in [0.4, 0.5) is 24.7 Å². The zero-order valence-electron chi connectivity index (χ0n) is 11.8. The Kier molecular flexibility index (Phi) is 4.70. The SMILES string of the molecule is CCCc1nn(C)c(N(CC(F)(F)F)C(C)C)c1N. The third-order valence-electron chi connectivity index (χ3n) is 2.86. The van der Waals surface area contributed by atoms with Gasteiger partial charge in [0.25, 0.3) is 0 Å². The van der Waals surface area contributed by atoms with Gasteiger partial charge in [-0.2, -0.15) is 18.3 Å². The Hall–Kier alpha value is -1.40. The summed E-state index contributed by atoms with van der Waals surface area (Å²) in [5.41, 5.74) is 6.96. The van der Waals surface area contributed by atoms with Crippen molar-refractivity contribution < 1.29 is 13.2 Å². The van der Waals surface area contributed by atoms with Crippen LogP contribution in [0.15, 0.2) is 0 Å². The molecule has 1 aromatic rings. The minimum Gasteiger partial charge on any atom is -0.394 e. The summed E-state index contributed by atoms with van der Waals surface area (Å²) in [6.45, 7) is 4.36. The second-order valence-electron chi connectivity index (χ2n) is 4.89. The Bertz CT molecular complexity index is 423. The highest BCUT2D eigenvalue weighted by molar-refractivity contribution is 5.67. The first-order valence-corrected chi connectivity index (χ1v) is 6.32. The van der Waals surface area contributed by atoms with E-state index in [1.807, 2.05) is 6.92 Å². The maximum Gasteiger partial charge on any atom is 0.405 e. The van der Waals surface area contributed by atoms with Crippen LogP contribution >= 0.6 is 0 Å². The lowest BCUT2D eigenvalue weighted by Crippen LogP contribution is -2.40. The van der Waals surface area contributed by atoms with E-state index in [4.69, 9.17) is 5.73 Å². The number of rotatable bonds is 5. The van der Waals surface area contributed by atoms with E-state index in [0.29, 0.717) is 23.6 Å². The van der Waals surface area contributed by atoms with E-state index in [2.05, 4.69) is 5.10 Å². The number of anilines is 2. The predicted molar refractivity (Wildman–Crippen MR) is 70.2 cm³/mol. The summed E-state index contributed by atoms with van der Waals surface area (Å²) >= 11 is 0. The molecular weight excluding hydrogens is 257 g/mol. The van der Waals surface area contributed by atoms with Gasteiger partial charge in [-0.25, -0.2) is 0 Å². The van der Waals surface area contributed by atoms with Crippen molar-refractivity contribution in [3.8, 4) is 0 Å². The van der Waals surface area contributed by atoms with Crippen LogP contribution in [0.25, 0.3) is 0 Å². The van der Waals surface area contributed by atoms with Crippen molar-refractivity contribution in [2.24, 2.45) is 7.05 Å². The first-order chi connectivity index (χ1) is 8.67. The van der Waals surface area contributed by atoms with Gasteiger partial charge in [0.05, 0.1) is 11.4 Å². The lowest BCUT2D eigenvalue weighted by atomic mass is 10.2. The summed E-state index contributed by atoms with van der Waals surface area (Å²) < 4.78 is 39.4. The molecule has 0 aliphatic rings. The average molecular weight is 278 g/mol. The number of nitrogens with zero attached hydrogens (tertiary/aromatic N) is 3. The predicted octanol–water partition coefficient (Wildman–Crippen LogP) is 2.73. The van der Waals surface area contributed by atoms with Gasteiger partial charge in [-0.15, -0.1) is 0 Å². The van der Waals surface area contributed by atoms with Crippen LogP contribution in [0.1, 0.15) is 32.9 Å². The summed E-state index contributed by atoms with van der Waals surface area (Å²) in [6, 6.07) is -0.311. The number of aryl methyl sites for hydroxylation is 2. The molecule has 2 N–H and O–H groups in total. The van der Waals surface area contributed by atoms with Gasteiger partial charge in [0.15, 0.2) is 5.82 Å². The second kappa shape index (κ2) is 5.71. The van der Waals surface area contributed by atoms with E-state index in [1.54, 1.807) is 20.9 Å². The molecule has 1 heterocycles. The standard InChI is InChI=1S/C12H21F3N4/c1-5-6-9-10(16)11(18(4)17-9)19(8(2)3)7-12(13,14)15/h8H,5-7,16H2,1-4H3. The molecule has 0 fully saturated rings. The number of nitrogens with two attached hydrogens (primary N) is 1. The molecule has 0 amide bonds. The normalized spacial score (nSPS) is 12.2. The smallest absolute Gasteiger partial charge is 0.394 e. The molecule has 0 bridgehead atoms. The monoisotopic (exact) mass is 278 g/mol. The quantitative estimate of drug-likeness (QED) is 0.901. The highest BCUT2D eigenvalue weighted by Gasteiger charge is 2.34. The van der Waals surface area contributed by atoms with Crippen molar-refractivity contribution in [1.82, 2.24) is 9.78 Å². The molecule has 0 unspecified atom stereocenters. The molecule has 1 aromatic heterocycles. The summed E-state index contributed by atoms with van der Waals surface area (Å²) in [5.74, 6) is 0.343. The number of alkyl halides is 3. The maximum atomic E-state index is 12.7. The zero-order chi connectivity index (χ0) is 14.8. The van der Waals surface area contributed by atoms with E-state index in [1.165, 1.54) is 9.58 Å². The van der Waals surface area contributed by atoms with Crippen molar-refractivity contribution in [3.05, 3.63) is 5.69 Å². The third kappa shape index (κ3) is 3.78. The first-order valence-electron chi connectivity index (χ1n) is 6.32. The Labute approximate surface area is 111 Å².